The third-order valence-corrected chi connectivity index (χ3v) is 2.85. The molecule has 0 aromatic carbocycles. The van der Waals surface area contributed by atoms with Crippen LogP contribution in [0.25, 0.3) is 0 Å². The fourth-order valence-electron chi connectivity index (χ4n) is 1.11. The average Bonchev–Trinajstić information content (AvgIpc) is 2.49. The van der Waals surface area contributed by atoms with E-state index in [2.05, 4.69) is 5.32 Å². The quantitative estimate of drug-likeness (QED) is 0.692. The molecule has 1 fully saturated rings. The van der Waals surface area contributed by atoms with E-state index in [1.54, 1.807) is 0 Å². The number of aliphatic carboxylic acids is 1. The number of carboxylic acid groups (broad SMARTS) is 1. The molecule has 0 bridgehead atoms. The van der Waals surface area contributed by atoms with E-state index in [-0.39, 0.29) is 23.9 Å². The Labute approximate surface area is 85.2 Å². The van der Waals surface area contributed by atoms with Crippen molar-refractivity contribution in [2.24, 2.45) is 0 Å². The third kappa shape index (κ3) is 3.37. The number of carboxylic acids is 1. The number of nitrogens with one attached hydrogen (secondary N) is 1. The second-order valence-electron chi connectivity index (χ2n) is 2.97. The lowest BCUT2D eigenvalue weighted by Crippen LogP contribution is -2.37. The van der Waals surface area contributed by atoms with Crippen LogP contribution in [-0.2, 0) is 14.4 Å². The van der Waals surface area contributed by atoms with Crippen LogP contribution < -0.4 is 5.32 Å². The maximum Gasteiger partial charge on any atom is 0.303 e. The zero-order chi connectivity index (χ0) is 10.6. The van der Waals surface area contributed by atoms with Crippen LogP contribution in [-0.4, -0.2) is 33.9 Å². The van der Waals surface area contributed by atoms with E-state index in [1.807, 2.05) is 0 Å². The van der Waals surface area contributed by atoms with Gasteiger partial charge in [0, 0.05) is 12.2 Å². The van der Waals surface area contributed by atoms with Crippen molar-refractivity contribution in [3.63, 3.8) is 0 Å². The topological polar surface area (TPSA) is 83.5 Å². The zero-order valence-electron chi connectivity index (χ0n) is 7.49. The van der Waals surface area contributed by atoms with Gasteiger partial charge in [-0.3, -0.25) is 14.4 Å². The van der Waals surface area contributed by atoms with Gasteiger partial charge < -0.3 is 10.4 Å². The number of hydrogen-bond donors (Lipinski definition) is 2. The molecule has 1 aliphatic rings. The Balaban J connectivity index is 2.26. The van der Waals surface area contributed by atoms with Crippen LogP contribution >= 0.6 is 11.8 Å². The Bertz CT molecular complexity index is 266. The molecule has 1 unspecified atom stereocenters. The molecule has 14 heavy (non-hydrogen) atoms. The van der Waals surface area contributed by atoms with Gasteiger partial charge in [0.25, 0.3) is 0 Å². The van der Waals surface area contributed by atoms with Crippen molar-refractivity contribution in [3.05, 3.63) is 0 Å². The van der Waals surface area contributed by atoms with E-state index >= 15 is 0 Å². The number of carbonyl (C=O) groups is 3. The molecule has 1 aliphatic heterocycles. The van der Waals surface area contributed by atoms with Crippen LogP contribution in [0, 0.1) is 0 Å². The summed E-state index contributed by atoms with van der Waals surface area (Å²) in [6.07, 6.45) is 0.381. The molecule has 0 saturated carbocycles. The van der Waals surface area contributed by atoms with E-state index in [4.69, 9.17) is 5.11 Å². The van der Waals surface area contributed by atoms with Crippen molar-refractivity contribution >= 4 is 28.8 Å². The zero-order valence-corrected chi connectivity index (χ0v) is 8.30. The molecule has 6 heteroatoms. The van der Waals surface area contributed by atoms with Gasteiger partial charge in [0.2, 0.25) is 11.0 Å². The molecule has 1 heterocycles. The number of amides is 1. The highest BCUT2D eigenvalue weighted by Crippen LogP contribution is 2.19. The SMILES string of the molecule is O=C(O)CCC(=O)NC1CCSC1=O. The predicted octanol–water partition coefficient (Wildman–Crippen LogP) is -0.000500. The summed E-state index contributed by atoms with van der Waals surface area (Å²) in [5, 5.41) is 10.8. The first-order valence-corrected chi connectivity index (χ1v) is 5.26. The van der Waals surface area contributed by atoms with Crippen molar-refractivity contribution in [1.29, 1.82) is 0 Å². The highest BCUT2D eigenvalue weighted by Gasteiger charge is 2.26. The minimum atomic E-state index is -1.01. The van der Waals surface area contributed by atoms with Gasteiger partial charge in [-0.05, 0) is 6.42 Å². The fraction of sp³-hybridized carbons (Fsp3) is 0.625. The Kier molecular flexibility index (Phi) is 3.94. The number of thioether (sulfide) groups is 1. The van der Waals surface area contributed by atoms with Gasteiger partial charge in [0.1, 0.15) is 0 Å². The van der Waals surface area contributed by atoms with Crippen molar-refractivity contribution in [1.82, 2.24) is 5.32 Å². The minimum absolute atomic E-state index is 0.0336. The molecule has 0 spiro atoms. The highest BCUT2D eigenvalue weighted by atomic mass is 32.2. The number of hydrogen-bond acceptors (Lipinski definition) is 4. The molecule has 1 atom stereocenters. The van der Waals surface area contributed by atoms with E-state index in [0.29, 0.717) is 6.42 Å². The molecule has 1 rings (SSSR count). The summed E-state index contributed by atoms with van der Waals surface area (Å²) in [4.78, 5) is 32.3. The van der Waals surface area contributed by atoms with Crippen molar-refractivity contribution in [3.8, 4) is 0 Å². The normalized spacial score (nSPS) is 20.9. The van der Waals surface area contributed by atoms with Crippen LogP contribution in [0.3, 0.4) is 0 Å². The van der Waals surface area contributed by atoms with E-state index in [9.17, 15) is 14.4 Å². The molecule has 2 N–H and O–H groups in total. The summed E-state index contributed by atoms with van der Waals surface area (Å²) in [5.41, 5.74) is 0. The second kappa shape index (κ2) is 4.99. The van der Waals surface area contributed by atoms with Gasteiger partial charge in [0.05, 0.1) is 12.5 Å². The average molecular weight is 217 g/mol. The molecule has 0 aromatic heterocycles. The third-order valence-electron chi connectivity index (χ3n) is 1.84. The van der Waals surface area contributed by atoms with Crippen molar-refractivity contribution in [2.45, 2.75) is 25.3 Å². The first-order valence-electron chi connectivity index (χ1n) is 4.27. The fourth-order valence-corrected chi connectivity index (χ4v) is 2.05. The lowest BCUT2D eigenvalue weighted by molar-refractivity contribution is -0.138. The molecule has 78 valence electrons. The molecular formula is C8H11NO4S. The summed E-state index contributed by atoms with van der Waals surface area (Å²) in [6.45, 7) is 0. The minimum Gasteiger partial charge on any atom is -0.481 e. The van der Waals surface area contributed by atoms with E-state index in [0.717, 1.165) is 5.75 Å². The van der Waals surface area contributed by atoms with Crippen LogP contribution in [0.4, 0.5) is 0 Å². The summed E-state index contributed by atoms with van der Waals surface area (Å²) in [6, 6.07) is -0.415. The molecular weight excluding hydrogens is 206 g/mol. The van der Waals surface area contributed by atoms with Crippen LogP contribution in [0.15, 0.2) is 0 Å². The molecule has 1 saturated heterocycles. The smallest absolute Gasteiger partial charge is 0.303 e. The number of carbonyl (C=O) groups excluding carboxylic acids is 2. The van der Waals surface area contributed by atoms with Gasteiger partial charge >= 0.3 is 5.97 Å². The predicted molar refractivity (Wildman–Crippen MR) is 50.9 cm³/mol. The molecule has 0 aromatic rings. The first-order chi connectivity index (χ1) is 6.59. The van der Waals surface area contributed by atoms with Gasteiger partial charge in [-0.15, -0.1) is 0 Å². The molecule has 1 amide bonds. The van der Waals surface area contributed by atoms with Gasteiger partial charge in [-0.25, -0.2) is 0 Å². The van der Waals surface area contributed by atoms with E-state index < -0.39 is 12.0 Å². The Morgan fingerprint density at radius 1 is 1.50 bits per heavy atom. The largest absolute Gasteiger partial charge is 0.481 e. The lowest BCUT2D eigenvalue weighted by atomic mass is 10.2. The maximum atomic E-state index is 11.1. The van der Waals surface area contributed by atoms with E-state index in [1.165, 1.54) is 11.8 Å². The van der Waals surface area contributed by atoms with Gasteiger partial charge in [-0.1, -0.05) is 11.8 Å². The maximum absolute atomic E-state index is 11.1. The summed E-state index contributed by atoms with van der Waals surface area (Å²) < 4.78 is 0. The molecule has 5 nitrogen and oxygen atoms in total. The lowest BCUT2D eigenvalue weighted by Gasteiger charge is -2.08. The Hall–Kier alpha value is -1.04. The standard InChI is InChI=1S/C8H11NO4S/c10-6(1-2-7(11)12)9-5-3-4-14-8(5)13/h5H,1-4H2,(H,9,10)(H,11,12). The van der Waals surface area contributed by atoms with Crippen LogP contribution in [0.2, 0.25) is 0 Å². The van der Waals surface area contributed by atoms with Crippen LogP contribution in [0.1, 0.15) is 19.3 Å². The number of rotatable bonds is 4. The molecule has 0 aliphatic carbocycles. The highest BCUT2D eigenvalue weighted by molar-refractivity contribution is 8.14. The summed E-state index contributed by atoms with van der Waals surface area (Å²) in [7, 11) is 0. The van der Waals surface area contributed by atoms with Crippen LogP contribution in [0.5, 0.6) is 0 Å². The first kappa shape index (κ1) is 11.0. The van der Waals surface area contributed by atoms with Gasteiger partial charge in [-0.2, -0.15) is 0 Å². The van der Waals surface area contributed by atoms with Crippen molar-refractivity contribution < 1.29 is 19.5 Å². The molecule has 0 radical (unpaired) electrons. The Morgan fingerprint density at radius 2 is 2.21 bits per heavy atom. The second-order valence-corrected chi connectivity index (χ2v) is 4.07. The van der Waals surface area contributed by atoms with Crippen molar-refractivity contribution in [2.75, 3.05) is 5.75 Å². The monoisotopic (exact) mass is 217 g/mol. The Morgan fingerprint density at radius 3 is 2.71 bits per heavy atom. The van der Waals surface area contributed by atoms with Gasteiger partial charge in [0.15, 0.2) is 0 Å². The summed E-state index contributed by atoms with van der Waals surface area (Å²) >= 11 is 1.20. The summed E-state index contributed by atoms with van der Waals surface area (Å²) in [5.74, 6) is -0.650.